The highest BCUT2D eigenvalue weighted by molar-refractivity contribution is 7.12. The van der Waals surface area contributed by atoms with Gasteiger partial charge in [0, 0.05) is 11.3 Å². The zero-order valence-electron chi connectivity index (χ0n) is 10.8. The van der Waals surface area contributed by atoms with Crippen LogP contribution in [0.5, 0.6) is 0 Å². The summed E-state index contributed by atoms with van der Waals surface area (Å²) in [5.74, 6) is -0.267. The van der Waals surface area contributed by atoms with Gasteiger partial charge in [0.15, 0.2) is 0 Å². The van der Waals surface area contributed by atoms with Gasteiger partial charge in [-0.1, -0.05) is 18.2 Å². The van der Waals surface area contributed by atoms with Crippen molar-refractivity contribution < 1.29 is 9.90 Å². The van der Waals surface area contributed by atoms with Gasteiger partial charge in [0.05, 0.1) is 12.3 Å². The summed E-state index contributed by atoms with van der Waals surface area (Å²) in [4.78, 5) is 12.9. The molecule has 0 aliphatic carbocycles. The predicted molar refractivity (Wildman–Crippen MR) is 77.3 cm³/mol. The maximum absolute atomic E-state index is 12.4. The summed E-state index contributed by atoms with van der Waals surface area (Å²) in [5.41, 5.74) is 1.86. The minimum Gasteiger partial charge on any atom is -0.392 e. The number of carbonyl (C=O) groups is 1. The molecule has 2 heterocycles. The molecule has 1 aromatic carbocycles. The molecule has 0 saturated carbocycles. The van der Waals surface area contributed by atoms with Gasteiger partial charge >= 0.3 is 0 Å². The first-order valence-corrected chi connectivity index (χ1v) is 6.98. The van der Waals surface area contributed by atoms with E-state index in [2.05, 4.69) is 20.8 Å². The molecular weight excluding hydrogens is 290 g/mol. The average molecular weight is 301 g/mol. The van der Waals surface area contributed by atoms with Crippen LogP contribution in [0.25, 0.3) is 5.69 Å². The van der Waals surface area contributed by atoms with Crippen LogP contribution in [0.2, 0.25) is 0 Å². The molecule has 0 saturated heterocycles. The van der Waals surface area contributed by atoms with E-state index in [-0.39, 0.29) is 12.5 Å². The lowest BCUT2D eigenvalue weighted by Gasteiger charge is -2.09. The number of amides is 1. The number of para-hydroxylation sites is 1. The van der Waals surface area contributed by atoms with E-state index in [9.17, 15) is 9.90 Å². The van der Waals surface area contributed by atoms with Gasteiger partial charge in [-0.2, -0.15) is 4.68 Å². The van der Waals surface area contributed by atoms with Gasteiger partial charge in [0.1, 0.15) is 11.2 Å². The molecule has 1 amide bonds. The van der Waals surface area contributed by atoms with Crippen molar-refractivity contribution >= 4 is 22.9 Å². The lowest BCUT2D eigenvalue weighted by molar-refractivity contribution is 0.103. The fraction of sp³-hybridized carbons (Fsp3) is 0.0769. The van der Waals surface area contributed by atoms with Crippen molar-refractivity contribution in [2.24, 2.45) is 0 Å². The molecule has 2 N–H and O–H groups in total. The topological polar surface area (TPSA) is 92.9 Å². The number of carbonyl (C=O) groups excluding carboxylic acids is 1. The quantitative estimate of drug-likeness (QED) is 0.761. The maximum atomic E-state index is 12.4. The molecule has 0 bridgehead atoms. The van der Waals surface area contributed by atoms with E-state index < -0.39 is 0 Å². The summed E-state index contributed by atoms with van der Waals surface area (Å²) in [6.07, 6.45) is 1.43. The van der Waals surface area contributed by atoms with Crippen molar-refractivity contribution in [1.82, 2.24) is 20.2 Å². The Hall–Kier alpha value is -2.58. The first kappa shape index (κ1) is 13.4. The Morgan fingerprint density at radius 3 is 2.95 bits per heavy atom. The fourth-order valence-electron chi connectivity index (χ4n) is 1.88. The Bertz CT molecular complexity index is 754. The molecule has 7 nitrogen and oxygen atoms in total. The molecule has 0 spiro atoms. The van der Waals surface area contributed by atoms with Gasteiger partial charge in [-0.3, -0.25) is 4.79 Å². The van der Waals surface area contributed by atoms with Crippen LogP contribution in [0.3, 0.4) is 0 Å². The number of thiophene rings is 1. The van der Waals surface area contributed by atoms with Crippen LogP contribution in [-0.2, 0) is 6.61 Å². The third-order valence-corrected chi connectivity index (χ3v) is 3.78. The van der Waals surface area contributed by atoms with Crippen LogP contribution < -0.4 is 5.32 Å². The van der Waals surface area contributed by atoms with E-state index in [4.69, 9.17) is 0 Å². The van der Waals surface area contributed by atoms with E-state index >= 15 is 0 Å². The number of tetrazole rings is 1. The molecule has 2 aromatic heterocycles. The third-order valence-electron chi connectivity index (χ3n) is 2.88. The highest BCUT2D eigenvalue weighted by Crippen LogP contribution is 2.23. The second-order valence-corrected chi connectivity index (χ2v) is 5.07. The minimum absolute atomic E-state index is 0.138. The Morgan fingerprint density at radius 2 is 2.19 bits per heavy atom. The van der Waals surface area contributed by atoms with Gasteiger partial charge in [-0.15, -0.1) is 16.4 Å². The summed E-state index contributed by atoms with van der Waals surface area (Å²) in [7, 11) is 0. The number of rotatable bonds is 4. The lowest BCUT2D eigenvalue weighted by atomic mass is 10.2. The first-order valence-electron chi connectivity index (χ1n) is 6.10. The molecule has 21 heavy (non-hydrogen) atoms. The molecule has 0 aliphatic rings. The number of nitrogens with one attached hydrogen (secondary N) is 1. The van der Waals surface area contributed by atoms with Crippen molar-refractivity contribution in [3.05, 3.63) is 52.5 Å². The monoisotopic (exact) mass is 301 g/mol. The van der Waals surface area contributed by atoms with Gasteiger partial charge in [-0.25, -0.2) is 0 Å². The molecule has 0 aliphatic heterocycles. The van der Waals surface area contributed by atoms with Crippen LogP contribution in [0, 0.1) is 0 Å². The molecule has 106 valence electrons. The van der Waals surface area contributed by atoms with Crippen LogP contribution >= 0.6 is 11.3 Å². The molecule has 3 aromatic rings. The van der Waals surface area contributed by atoms with Crippen LogP contribution in [0.4, 0.5) is 5.69 Å². The molecule has 3 rings (SSSR count). The molecule has 0 fully saturated rings. The predicted octanol–water partition coefficient (Wildman–Crippen LogP) is 1.47. The van der Waals surface area contributed by atoms with Crippen molar-refractivity contribution in [2.45, 2.75) is 6.61 Å². The summed E-state index contributed by atoms with van der Waals surface area (Å²) in [6, 6.07) is 8.87. The number of nitrogens with zero attached hydrogens (tertiary/aromatic N) is 4. The summed E-state index contributed by atoms with van der Waals surface area (Å²) < 4.78 is 1.43. The van der Waals surface area contributed by atoms with Crippen LogP contribution in [0.15, 0.2) is 42.0 Å². The van der Waals surface area contributed by atoms with Crippen molar-refractivity contribution in [3.8, 4) is 5.69 Å². The number of anilines is 1. The highest BCUT2D eigenvalue weighted by atomic mass is 32.1. The number of hydrogen-bond acceptors (Lipinski definition) is 6. The molecule has 0 unspecified atom stereocenters. The molecule has 0 atom stereocenters. The zero-order chi connectivity index (χ0) is 14.7. The second kappa shape index (κ2) is 5.81. The molecular formula is C13H11N5O2S. The SMILES string of the molecule is O=C(Nc1ccccc1CO)c1sccc1-n1cnnn1. The van der Waals surface area contributed by atoms with Gasteiger partial charge in [0.25, 0.3) is 5.91 Å². The highest BCUT2D eigenvalue weighted by Gasteiger charge is 2.16. The van der Waals surface area contributed by atoms with E-state index in [1.807, 2.05) is 0 Å². The third kappa shape index (κ3) is 2.67. The number of aliphatic hydroxyl groups is 1. The smallest absolute Gasteiger partial charge is 0.267 e. The summed E-state index contributed by atoms with van der Waals surface area (Å²) >= 11 is 1.30. The zero-order valence-corrected chi connectivity index (χ0v) is 11.6. The second-order valence-electron chi connectivity index (χ2n) is 4.16. The normalized spacial score (nSPS) is 10.5. The Balaban J connectivity index is 1.89. The summed E-state index contributed by atoms with van der Waals surface area (Å²) in [6.45, 7) is -0.138. The fourth-order valence-corrected chi connectivity index (χ4v) is 2.66. The number of hydrogen-bond donors (Lipinski definition) is 2. The Morgan fingerprint density at radius 1 is 1.33 bits per heavy atom. The number of benzene rings is 1. The van der Waals surface area contributed by atoms with Crippen molar-refractivity contribution in [3.63, 3.8) is 0 Å². The molecule has 8 heteroatoms. The number of aliphatic hydroxyl groups excluding tert-OH is 1. The average Bonchev–Trinajstić information content (AvgIpc) is 3.18. The van der Waals surface area contributed by atoms with E-state index in [0.717, 1.165) is 0 Å². The van der Waals surface area contributed by atoms with Crippen LogP contribution in [0.1, 0.15) is 15.2 Å². The first-order chi connectivity index (χ1) is 10.3. The van der Waals surface area contributed by atoms with E-state index in [1.165, 1.54) is 22.3 Å². The van der Waals surface area contributed by atoms with Gasteiger partial charge in [-0.05, 0) is 27.9 Å². The van der Waals surface area contributed by atoms with E-state index in [1.54, 1.807) is 35.7 Å². The van der Waals surface area contributed by atoms with Gasteiger partial charge in [0.2, 0.25) is 0 Å². The van der Waals surface area contributed by atoms with Crippen molar-refractivity contribution in [1.29, 1.82) is 0 Å². The van der Waals surface area contributed by atoms with Crippen LogP contribution in [-0.4, -0.2) is 31.2 Å². The summed E-state index contributed by atoms with van der Waals surface area (Å²) in [5, 5.41) is 24.8. The van der Waals surface area contributed by atoms with E-state index in [0.29, 0.717) is 21.8 Å². The Labute approximate surface area is 123 Å². The van der Waals surface area contributed by atoms with Crippen molar-refractivity contribution in [2.75, 3.05) is 5.32 Å². The standard InChI is InChI=1S/C13H11N5O2S/c19-7-9-3-1-2-4-10(9)15-13(20)12-11(5-6-21-12)18-8-14-16-17-18/h1-6,8,19H,7H2,(H,15,20). The molecule has 0 radical (unpaired) electrons. The van der Waals surface area contributed by atoms with Gasteiger partial charge < -0.3 is 10.4 Å². The number of aromatic nitrogens is 4. The lowest BCUT2D eigenvalue weighted by Crippen LogP contribution is -2.14. The minimum atomic E-state index is -0.267. The maximum Gasteiger partial charge on any atom is 0.267 e. The Kier molecular flexibility index (Phi) is 3.71. The largest absolute Gasteiger partial charge is 0.392 e.